The zero-order chi connectivity index (χ0) is 15.5. The van der Waals surface area contributed by atoms with E-state index < -0.39 is 16.0 Å². The molecule has 2 rings (SSSR count). The number of anilines is 1. The van der Waals surface area contributed by atoms with E-state index in [0.717, 1.165) is 12.8 Å². The van der Waals surface area contributed by atoms with E-state index in [1.54, 1.807) is 12.1 Å². The Morgan fingerprint density at radius 2 is 2.29 bits per heavy atom. The molecule has 6 nitrogen and oxygen atoms in total. The van der Waals surface area contributed by atoms with Crippen LogP contribution in [0.2, 0.25) is 0 Å². The molecule has 0 saturated carbocycles. The zero-order valence-corrected chi connectivity index (χ0v) is 12.2. The molecule has 8 heteroatoms. The van der Waals surface area contributed by atoms with Crippen molar-refractivity contribution in [2.45, 2.75) is 12.8 Å². The highest BCUT2D eigenvalue weighted by Gasteiger charge is 2.23. The average molecular weight is 312 g/mol. The maximum Gasteiger partial charge on any atom is 0.274 e. The van der Waals surface area contributed by atoms with Gasteiger partial charge in [0.05, 0.1) is 5.69 Å². The number of halogens is 1. The summed E-state index contributed by atoms with van der Waals surface area (Å²) >= 11 is 0. The lowest BCUT2D eigenvalue weighted by molar-refractivity contribution is 0.410. The van der Waals surface area contributed by atoms with E-state index in [9.17, 15) is 12.8 Å². The number of benzene rings is 1. The summed E-state index contributed by atoms with van der Waals surface area (Å²) in [6, 6.07) is 6.41. The van der Waals surface area contributed by atoms with Crippen LogP contribution in [0.25, 0.3) is 0 Å². The van der Waals surface area contributed by atoms with Crippen molar-refractivity contribution in [2.75, 3.05) is 24.5 Å². The lowest BCUT2D eigenvalue weighted by Crippen LogP contribution is -2.42. The Labute approximate surface area is 123 Å². The fourth-order valence-corrected chi connectivity index (χ4v) is 3.04. The van der Waals surface area contributed by atoms with E-state index in [1.807, 2.05) is 11.0 Å². The van der Waals surface area contributed by atoms with Crippen LogP contribution in [-0.4, -0.2) is 28.1 Å². The van der Waals surface area contributed by atoms with E-state index in [1.165, 1.54) is 6.07 Å². The van der Waals surface area contributed by atoms with Crippen LogP contribution in [0.15, 0.2) is 18.2 Å². The number of rotatable bonds is 4. The number of nitrogens with two attached hydrogens (primary N) is 1. The molecule has 3 N–H and O–H groups in total. The Morgan fingerprint density at radius 3 is 2.95 bits per heavy atom. The van der Waals surface area contributed by atoms with Crippen LogP contribution >= 0.6 is 0 Å². The molecule has 1 atom stereocenters. The van der Waals surface area contributed by atoms with E-state index in [2.05, 4.69) is 4.72 Å². The standard InChI is InChI=1S/C13H17FN4O2S/c14-12-4-1-5-13(11(12)7-15)18-6-2-3-10(9-18)8-17-21(16,19)20/h1,4-5,10,17H,2-3,6,8-9H2,(H2,16,19,20). The quantitative estimate of drug-likeness (QED) is 0.855. The summed E-state index contributed by atoms with van der Waals surface area (Å²) in [4.78, 5) is 1.92. The van der Waals surface area contributed by atoms with Gasteiger partial charge in [-0.1, -0.05) is 6.07 Å². The van der Waals surface area contributed by atoms with E-state index in [0.29, 0.717) is 18.8 Å². The summed E-state index contributed by atoms with van der Waals surface area (Å²) in [5.41, 5.74) is 0.579. The molecule has 1 saturated heterocycles. The number of piperidine rings is 1. The monoisotopic (exact) mass is 312 g/mol. The molecular formula is C13H17FN4O2S. The van der Waals surface area contributed by atoms with Crippen molar-refractivity contribution in [3.8, 4) is 6.07 Å². The zero-order valence-electron chi connectivity index (χ0n) is 11.4. The Hall–Kier alpha value is -1.69. The average Bonchev–Trinajstić information content (AvgIpc) is 2.44. The summed E-state index contributed by atoms with van der Waals surface area (Å²) in [6.45, 7) is 1.51. The molecule has 1 heterocycles. The molecule has 0 amide bonds. The van der Waals surface area contributed by atoms with Gasteiger partial charge >= 0.3 is 0 Å². The van der Waals surface area contributed by atoms with Gasteiger partial charge in [0.15, 0.2) is 0 Å². The molecule has 1 unspecified atom stereocenters. The van der Waals surface area contributed by atoms with Crippen LogP contribution in [0.5, 0.6) is 0 Å². The maximum absolute atomic E-state index is 13.6. The lowest BCUT2D eigenvalue weighted by Gasteiger charge is -2.34. The van der Waals surface area contributed by atoms with Crippen molar-refractivity contribution >= 4 is 15.9 Å². The van der Waals surface area contributed by atoms with Crippen molar-refractivity contribution in [1.29, 1.82) is 5.26 Å². The first-order valence-corrected chi connectivity index (χ1v) is 8.16. The normalized spacial score (nSPS) is 19.3. The van der Waals surface area contributed by atoms with Gasteiger partial charge in [-0.2, -0.15) is 13.7 Å². The molecular weight excluding hydrogens is 295 g/mol. The molecule has 0 aliphatic carbocycles. The second-order valence-corrected chi connectivity index (χ2v) is 6.47. The fraction of sp³-hybridized carbons (Fsp3) is 0.462. The van der Waals surface area contributed by atoms with Crippen molar-refractivity contribution in [3.05, 3.63) is 29.6 Å². The summed E-state index contributed by atoms with van der Waals surface area (Å²) in [5.74, 6) is -0.466. The lowest BCUT2D eigenvalue weighted by atomic mass is 9.97. The molecule has 0 radical (unpaired) electrons. The first kappa shape index (κ1) is 15.7. The van der Waals surface area contributed by atoms with Crippen LogP contribution in [0.3, 0.4) is 0 Å². The van der Waals surface area contributed by atoms with Crippen molar-refractivity contribution in [1.82, 2.24) is 4.72 Å². The highest BCUT2D eigenvalue weighted by Crippen LogP contribution is 2.27. The van der Waals surface area contributed by atoms with Crippen LogP contribution < -0.4 is 14.8 Å². The highest BCUT2D eigenvalue weighted by atomic mass is 32.2. The smallest absolute Gasteiger partial charge is 0.274 e. The molecule has 21 heavy (non-hydrogen) atoms. The van der Waals surface area contributed by atoms with E-state index in [-0.39, 0.29) is 18.0 Å². The predicted molar refractivity (Wildman–Crippen MR) is 77.2 cm³/mol. The minimum absolute atomic E-state index is 0.0255. The molecule has 0 aromatic heterocycles. The van der Waals surface area contributed by atoms with Gasteiger partial charge in [-0.3, -0.25) is 0 Å². The molecule has 1 aromatic rings. The van der Waals surface area contributed by atoms with Gasteiger partial charge in [-0.25, -0.2) is 14.3 Å². The van der Waals surface area contributed by atoms with Crippen molar-refractivity contribution in [3.63, 3.8) is 0 Å². The summed E-state index contributed by atoms with van der Waals surface area (Å²) in [7, 11) is -3.71. The third kappa shape index (κ3) is 4.14. The Bertz CT molecular complexity index is 657. The molecule has 0 bridgehead atoms. The van der Waals surface area contributed by atoms with Crippen molar-refractivity contribution < 1.29 is 12.8 Å². The van der Waals surface area contributed by atoms with Gasteiger partial charge in [0, 0.05) is 19.6 Å². The topological polar surface area (TPSA) is 99.2 Å². The molecule has 0 spiro atoms. The number of nitrogens with one attached hydrogen (secondary N) is 1. The summed E-state index contributed by atoms with van der Waals surface area (Å²) in [6.07, 6.45) is 1.70. The highest BCUT2D eigenvalue weighted by molar-refractivity contribution is 7.87. The third-order valence-electron chi connectivity index (χ3n) is 3.54. The maximum atomic E-state index is 13.6. The largest absolute Gasteiger partial charge is 0.370 e. The third-order valence-corrected chi connectivity index (χ3v) is 4.11. The molecule has 1 aliphatic heterocycles. The Morgan fingerprint density at radius 1 is 1.52 bits per heavy atom. The Kier molecular flexibility index (Phi) is 4.77. The van der Waals surface area contributed by atoms with Crippen LogP contribution in [0, 0.1) is 23.1 Å². The first-order chi connectivity index (χ1) is 9.90. The Balaban J connectivity index is 2.11. The predicted octanol–water partition coefficient (Wildman–Crippen LogP) is 0.707. The number of hydrogen-bond donors (Lipinski definition) is 2. The van der Waals surface area contributed by atoms with Crippen molar-refractivity contribution in [2.24, 2.45) is 11.1 Å². The van der Waals surface area contributed by atoms with Gasteiger partial charge in [-0.15, -0.1) is 0 Å². The second-order valence-electron chi connectivity index (χ2n) is 5.09. The van der Waals surface area contributed by atoms with Crippen LogP contribution in [0.1, 0.15) is 18.4 Å². The summed E-state index contributed by atoms with van der Waals surface area (Å²) in [5, 5.41) is 14.0. The van der Waals surface area contributed by atoms with E-state index >= 15 is 0 Å². The van der Waals surface area contributed by atoms with Crippen LogP contribution in [0.4, 0.5) is 10.1 Å². The number of nitrogens with zero attached hydrogens (tertiary/aromatic N) is 2. The minimum Gasteiger partial charge on any atom is -0.370 e. The first-order valence-electron chi connectivity index (χ1n) is 6.61. The van der Waals surface area contributed by atoms with Crippen LogP contribution in [-0.2, 0) is 10.2 Å². The van der Waals surface area contributed by atoms with Gasteiger partial charge < -0.3 is 4.90 Å². The van der Waals surface area contributed by atoms with Gasteiger partial charge in [0.25, 0.3) is 10.2 Å². The fourth-order valence-electron chi connectivity index (χ4n) is 2.57. The van der Waals surface area contributed by atoms with Gasteiger partial charge in [0.2, 0.25) is 0 Å². The number of nitriles is 1. The SMILES string of the molecule is N#Cc1c(F)cccc1N1CCCC(CNS(N)(=O)=O)C1. The van der Waals surface area contributed by atoms with Gasteiger partial charge in [0.1, 0.15) is 17.4 Å². The molecule has 1 fully saturated rings. The number of hydrogen-bond acceptors (Lipinski definition) is 4. The second kappa shape index (κ2) is 6.39. The molecule has 114 valence electrons. The molecule has 1 aromatic carbocycles. The van der Waals surface area contributed by atoms with Gasteiger partial charge in [-0.05, 0) is 30.9 Å². The minimum atomic E-state index is -3.71. The summed E-state index contributed by atoms with van der Waals surface area (Å²) < 4.78 is 37.8. The molecule has 1 aliphatic rings. The van der Waals surface area contributed by atoms with E-state index in [4.69, 9.17) is 10.4 Å².